The summed E-state index contributed by atoms with van der Waals surface area (Å²) in [6, 6.07) is 9.50. The van der Waals surface area contributed by atoms with Crippen LogP contribution in [-0.2, 0) is 13.2 Å². The number of aryl methyl sites for hydroxylation is 3. The molecule has 3 aromatic rings. The highest BCUT2D eigenvalue weighted by atomic mass is 16.5. The van der Waals surface area contributed by atoms with Gasteiger partial charge in [0.1, 0.15) is 18.1 Å². The van der Waals surface area contributed by atoms with Crippen LogP contribution in [0.25, 0.3) is 0 Å². The number of hydrogen-bond acceptors (Lipinski definition) is 4. The van der Waals surface area contributed by atoms with E-state index >= 15 is 0 Å². The predicted octanol–water partition coefficient (Wildman–Crippen LogP) is 3.49. The number of carbonyl (C=O) groups is 1. The Balaban J connectivity index is 1.46. The molecular formula is C20H23N3O3. The molecule has 0 fully saturated rings. The third-order valence-electron chi connectivity index (χ3n) is 4.04. The van der Waals surface area contributed by atoms with E-state index in [2.05, 4.69) is 10.3 Å². The van der Waals surface area contributed by atoms with Gasteiger partial charge in [-0.2, -0.15) is 0 Å². The molecule has 0 spiro atoms. The number of benzene rings is 1. The maximum atomic E-state index is 12.1. The second-order valence-electron chi connectivity index (χ2n) is 6.23. The van der Waals surface area contributed by atoms with Gasteiger partial charge in [0.05, 0.1) is 6.33 Å². The molecule has 0 aliphatic heterocycles. The number of amides is 1. The van der Waals surface area contributed by atoms with Gasteiger partial charge < -0.3 is 19.0 Å². The van der Waals surface area contributed by atoms with Crippen molar-refractivity contribution in [2.45, 2.75) is 33.4 Å². The van der Waals surface area contributed by atoms with Crippen LogP contribution in [0.1, 0.15) is 33.9 Å². The minimum absolute atomic E-state index is 0.214. The van der Waals surface area contributed by atoms with Crippen molar-refractivity contribution in [1.82, 2.24) is 14.9 Å². The number of ether oxygens (including phenoxy) is 1. The van der Waals surface area contributed by atoms with E-state index in [0.29, 0.717) is 18.1 Å². The summed E-state index contributed by atoms with van der Waals surface area (Å²) in [4.78, 5) is 16.1. The SMILES string of the molecule is Cc1ccc(C)c(OCc2ccc(C(=O)NCCCn3ccnc3)o2)c1. The summed E-state index contributed by atoms with van der Waals surface area (Å²) in [5.74, 6) is 1.53. The van der Waals surface area contributed by atoms with E-state index < -0.39 is 0 Å². The normalized spacial score (nSPS) is 10.7. The van der Waals surface area contributed by atoms with Crippen LogP contribution in [0.3, 0.4) is 0 Å². The van der Waals surface area contributed by atoms with Crippen molar-refractivity contribution in [3.8, 4) is 5.75 Å². The topological polar surface area (TPSA) is 69.3 Å². The van der Waals surface area contributed by atoms with Crippen molar-refractivity contribution in [3.63, 3.8) is 0 Å². The van der Waals surface area contributed by atoms with Gasteiger partial charge in [-0.3, -0.25) is 4.79 Å². The monoisotopic (exact) mass is 353 g/mol. The van der Waals surface area contributed by atoms with Crippen LogP contribution >= 0.6 is 0 Å². The van der Waals surface area contributed by atoms with Gasteiger partial charge in [0.2, 0.25) is 0 Å². The molecule has 26 heavy (non-hydrogen) atoms. The Morgan fingerprint density at radius 2 is 2.15 bits per heavy atom. The van der Waals surface area contributed by atoms with E-state index in [1.807, 2.05) is 42.8 Å². The second kappa shape index (κ2) is 8.38. The first-order chi connectivity index (χ1) is 12.6. The molecule has 6 nitrogen and oxygen atoms in total. The standard InChI is InChI=1S/C20H23N3O3/c1-15-4-5-16(2)19(12-15)25-13-17-6-7-18(26-17)20(24)22-8-3-10-23-11-9-21-14-23/h4-7,9,11-12,14H,3,8,10,13H2,1-2H3,(H,22,24). The Bertz CT molecular complexity index is 853. The molecule has 2 heterocycles. The predicted molar refractivity (Wildman–Crippen MR) is 98.1 cm³/mol. The van der Waals surface area contributed by atoms with Crippen LogP contribution in [-0.4, -0.2) is 22.0 Å². The number of aromatic nitrogens is 2. The summed E-state index contributed by atoms with van der Waals surface area (Å²) in [5.41, 5.74) is 2.21. The molecule has 2 aromatic heterocycles. The third-order valence-corrected chi connectivity index (χ3v) is 4.04. The first kappa shape index (κ1) is 17.8. The van der Waals surface area contributed by atoms with E-state index in [1.54, 1.807) is 24.7 Å². The van der Waals surface area contributed by atoms with Gasteiger partial charge in [-0.1, -0.05) is 12.1 Å². The van der Waals surface area contributed by atoms with Gasteiger partial charge >= 0.3 is 0 Å². The molecule has 0 unspecified atom stereocenters. The first-order valence-electron chi connectivity index (χ1n) is 8.64. The number of rotatable bonds is 8. The van der Waals surface area contributed by atoms with Gasteiger partial charge in [0.15, 0.2) is 5.76 Å². The second-order valence-corrected chi connectivity index (χ2v) is 6.23. The Labute approximate surface area is 152 Å². The molecule has 0 saturated carbocycles. The van der Waals surface area contributed by atoms with Crippen LogP contribution < -0.4 is 10.1 Å². The summed E-state index contributed by atoms with van der Waals surface area (Å²) >= 11 is 0. The van der Waals surface area contributed by atoms with Gasteiger partial charge in [-0.15, -0.1) is 0 Å². The molecule has 1 amide bonds. The highest BCUT2D eigenvalue weighted by Crippen LogP contribution is 2.21. The summed E-state index contributed by atoms with van der Waals surface area (Å²) in [5, 5.41) is 2.86. The fraction of sp³-hybridized carbons (Fsp3) is 0.300. The van der Waals surface area contributed by atoms with Crippen LogP contribution in [0, 0.1) is 13.8 Å². The van der Waals surface area contributed by atoms with Gasteiger partial charge in [-0.05, 0) is 49.6 Å². The van der Waals surface area contributed by atoms with Gasteiger partial charge in [0.25, 0.3) is 5.91 Å². The molecule has 0 bridgehead atoms. The molecule has 6 heteroatoms. The highest BCUT2D eigenvalue weighted by Gasteiger charge is 2.11. The smallest absolute Gasteiger partial charge is 0.286 e. The zero-order valence-corrected chi connectivity index (χ0v) is 15.1. The maximum absolute atomic E-state index is 12.1. The van der Waals surface area contributed by atoms with E-state index in [-0.39, 0.29) is 12.5 Å². The van der Waals surface area contributed by atoms with Gasteiger partial charge in [-0.25, -0.2) is 4.98 Å². The summed E-state index contributed by atoms with van der Waals surface area (Å²) in [6.07, 6.45) is 6.22. The van der Waals surface area contributed by atoms with Crippen LogP contribution in [0.2, 0.25) is 0 Å². The maximum Gasteiger partial charge on any atom is 0.286 e. The molecule has 0 radical (unpaired) electrons. The van der Waals surface area contributed by atoms with Crippen LogP contribution in [0.4, 0.5) is 0 Å². The Morgan fingerprint density at radius 1 is 1.27 bits per heavy atom. The zero-order valence-electron chi connectivity index (χ0n) is 15.1. The lowest BCUT2D eigenvalue weighted by Gasteiger charge is -2.08. The van der Waals surface area contributed by atoms with E-state index in [1.165, 1.54) is 0 Å². The number of furan rings is 1. The minimum Gasteiger partial charge on any atom is -0.485 e. The molecule has 0 atom stereocenters. The lowest BCUT2D eigenvalue weighted by molar-refractivity contribution is 0.0921. The number of nitrogens with zero attached hydrogens (tertiary/aromatic N) is 2. The van der Waals surface area contributed by atoms with E-state index in [0.717, 1.165) is 29.8 Å². The van der Waals surface area contributed by atoms with Crippen LogP contribution in [0.5, 0.6) is 5.75 Å². The van der Waals surface area contributed by atoms with Crippen molar-refractivity contribution in [2.75, 3.05) is 6.54 Å². The number of imidazole rings is 1. The fourth-order valence-corrected chi connectivity index (χ4v) is 2.56. The van der Waals surface area contributed by atoms with Crippen molar-refractivity contribution >= 4 is 5.91 Å². The van der Waals surface area contributed by atoms with E-state index in [9.17, 15) is 4.79 Å². The quantitative estimate of drug-likeness (QED) is 0.629. The number of nitrogens with one attached hydrogen (secondary N) is 1. The lowest BCUT2D eigenvalue weighted by atomic mass is 10.1. The largest absolute Gasteiger partial charge is 0.485 e. The summed E-state index contributed by atoms with van der Waals surface area (Å²) < 4.78 is 13.4. The van der Waals surface area contributed by atoms with E-state index in [4.69, 9.17) is 9.15 Å². The highest BCUT2D eigenvalue weighted by molar-refractivity contribution is 5.91. The Morgan fingerprint density at radius 3 is 2.96 bits per heavy atom. The van der Waals surface area contributed by atoms with Gasteiger partial charge in [0, 0.05) is 25.5 Å². The average molecular weight is 353 g/mol. The molecule has 1 aromatic carbocycles. The van der Waals surface area contributed by atoms with Crippen molar-refractivity contribution in [3.05, 3.63) is 71.7 Å². The molecule has 0 aliphatic rings. The molecular weight excluding hydrogens is 330 g/mol. The zero-order chi connectivity index (χ0) is 18.4. The number of hydrogen-bond donors (Lipinski definition) is 1. The summed E-state index contributed by atoms with van der Waals surface area (Å²) in [7, 11) is 0. The fourth-order valence-electron chi connectivity index (χ4n) is 2.56. The van der Waals surface area contributed by atoms with Crippen molar-refractivity contribution in [1.29, 1.82) is 0 Å². The van der Waals surface area contributed by atoms with Crippen molar-refractivity contribution < 1.29 is 13.9 Å². The third kappa shape index (κ3) is 4.75. The Hall–Kier alpha value is -3.02. The van der Waals surface area contributed by atoms with Crippen LogP contribution in [0.15, 0.2) is 53.5 Å². The Kier molecular flexibility index (Phi) is 5.73. The minimum atomic E-state index is -0.214. The molecule has 0 aliphatic carbocycles. The average Bonchev–Trinajstić information content (AvgIpc) is 3.31. The summed E-state index contributed by atoms with van der Waals surface area (Å²) in [6.45, 7) is 5.70. The first-order valence-corrected chi connectivity index (χ1v) is 8.64. The molecule has 0 saturated heterocycles. The molecule has 3 rings (SSSR count). The lowest BCUT2D eigenvalue weighted by Crippen LogP contribution is -2.24. The number of carbonyl (C=O) groups excluding carboxylic acids is 1. The molecule has 1 N–H and O–H groups in total. The molecule has 136 valence electrons. The van der Waals surface area contributed by atoms with Crippen molar-refractivity contribution in [2.24, 2.45) is 0 Å².